The maximum absolute atomic E-state index is 10.5. The molecular formula is C4H8NO4P. The van der Waals surface area contributed by atoms with Crippen molar-refractivity contribution >= 4 is 13.9 Å². The van der Waals surface area contributed by atoms with Gasteiger partial charge in [0, 0.05) is 0 Å². The maximum Gasteiger partial charge on any atom is 0.321 e. The van der Waals surface area contributed by atoms with Gasteiger partial charge in [-0.1, -0.05) is 4.57 Å². The zero-order valence-corrected chi connectivity index (χ0v) is 6.30. The Morgan fingerprint density at radius 1 is 1.90 bits per heavy atom. The van der Waals surface area contributed by atoms with Gasteiger partial charge in [0.2, 0.25) is 5.66 Å². The van der Waals surface area contributed by atoms with Crippen molar-refractivity contribution in [3.63, 3.8) is 0 Å². The summed E-state index contributed by atoms with van der Waals surface area (Å²) >= 11 is 0. The molecule has 0 fully saturated rings. The van der Waals surface area contributed by atoms with Crippen LogP contribution in [0, 0.1) is 0 Å². The van der Waals surface area contributed by atoms with Crippen molar-refractivity contribution in [2.24, 2.45) is 0 Å². The third-order valence-electron chi connectivity index (χ3n) is 0.949. The van der Waals surface area contributed by atoms with Crippen LogP contribution < -0.4 is 10.2 Å². The summed E-state index contributed by atoms with van der Waals surface area (Å²) in [5.41, 5.74) is -1.07. The summed E-state index contributed by atoms with van der Waals surface area (Å²) < 4.78 is 10.1. The lowest BCUT2D eigenvalue weighted by atomic mass is 10.4. The topological polar surface area (TPSA) is 89.5 Å². The summed E-state index contributed by atoms with van der Waals surface area (Å²) in [5.74, 6) is -0.682. The molecule has 0 aliphatic heterocycles. The Kier molecular flexibility index (Phi) is 4.11. The van der Waals surface area contributed by atoms with Gasteiger partial charge in [0.05, 0.1) is 0 Å². The summed E-state index contributed by atoms with van der Waals surface area (Å²) in [6.07, 6.45) is 0. The Balaban J connectivity index is 3.82. The highest BCUT2D eigenvalue weighted by molar-refractivity contribution is 7.38. The molecule has 5 nitrogen and oxygen atoms in total. The third-order valence-corrected chi connectivity index (χ3v) is 1.82. The molecule has 1 amide bonds. The molecule has 0 aromatic carbocycles. The Bertz CT molecular complexity index is 148. The van der Waals surface area contributed by atoms with Crippen molar-refractivity contribution in [1.29, 1.82) is 0 Å². The molecule has 0 saturated carbocycles. The van der Waals surface area contributed by atoms with E-state index in [-0.39, 0.29) is 0 Å². The van der Waals surface area contributed by atoms with Crippen molar-refractivity contribution in [1.82, 2.24) is 5.32 Å². The lowest BCUT2D eigenvalue weighted by molar-refractivity contribution is -0.167. The van der Waals surface area contributed by atoms with Crippen LogP contribution in [0.25, 0.3) is 0 Å². The second-order valence-electron chi connectivity index (χ2n) is 1.66. The number of carbonyl (C=O) groups excluding carboxylic acids is 1. The van der Waals surface area contributed by atoms with Gasteiger partial charge in [-0.15, -0.1) is 0 Å². The van der Waals surface area contributed by atoms with Gasteiger partial charge >= 0.3 is 8.03 Å². The average Bonchev–Trinajstić information content (AvgIpc) is 1.87. The Hall–Kier alpha value is -0.510. The van der Waals surface area contributed by atoms with Crippen LogP contribution in [0.15, 0.2) is 0 Å². The minimum absolute atomic E-state index is 0.535. The first-order chi connectivity index (χ1) is 4.59. The molecule has 0 spiro atoms. The molecule has 0 radical (unpaired) electrons. The average molecular weight is 165 g/mol. The normalized spacial score (nSPS) is 14.1. The van der Waals surface area contributed by atoms with Crippen molar-refractivity contribution in [2.75, 3.05) is 6.73 Å². The molecule has 10 heavy (non-hydrogen) atoms. The largest absolute Gasteiger partial charge is 0.595 e. The van der Waals surface area contributed by atoms with Crippen molar-refractivity contribution < 1.29 is 19.4 Å². The number of carbonyl (C=O) groups is 1. The van der Waals surface area contributed by atoms with Crippen LogP contribution in [-0.4, -0.2) is 23.4 Å². The van der Waals surface area contributed by atoms with E-state index in [4.69, 9.17) is 5.11 Å². The van der Waals surface area contributed by atoms with E-state index in [0.29, 0.717) is 0 Å². The van der Waals surface area contributed by atoms with Gasteiger partial charge < -0.3 is 15.3 Å². The molecule has 6 heteroatoms. The Morgan fingerprint density at radius 2 is 2.40 bits per heavy atom. The number of amides is 1. The zero-order valence-electron chi connectivity index (χ0n) is 5.40. The van der Waals surface area contributed by atoms with E-state index in [9.17, 15) is 14.3 Å². The number of rotatable bonds is 3. The molecule has 2 N–H and O–H groups in total. The molecule has 0 saturated heterocycles. The maximum atomic E-state index is 10.5. The fraction of sp³-hybridized carbons (Fsp3) is 0.750. The third kappa shape index (κ3) is 2.87. The summed E-state index contributed by atoms with van der Waals surface area (Å²) in [6, 6.07) is 0. The predicted octanol–water partition coefficient (Wildman–Crippen LogP) is -1.46. The van der Waals surface area contributed by atoms with E-state index in [1.807, 2.05) is 5.32 Å². The van der Waals surface area contributed by atoms with Gasteiger partial charge in [0.15, 0.2) is 0 Å². The minimum Gasteiger partial charge on any atom is -0.595 e. The van der Waals surface area contributed by atoms with E-state index < -0.39 is 26.3 Å². The summed E-state index contributed by atoms with van der Waals surface area (Å²) in [7, 11) is -2.74. The number of hydrogen-bond donors (Lipinski definition) is 2. The highest BCUT2D eigenvalue weighted by atomic mass is 31.1. The Morgan fingerprint density at radius 3 is 2.70 bits per heavy atom. The molecule has 0 bridgehead atoms. The zero-order chi connectivity index (χ0) is 8.15. The first-order valence-electron chi connectivity index (χ1n) is 2.61. The summed E-state index contributed by atoms with van der Waals surface area (Å²) in [4.78, 5) is 20.6. The van der Waals surface area contributed by atoms with Gasteiger partial charge in [0.25, 0.3) is 5.91 Å². The van der Waals surface area contributed by atoms with Crippen LogP contribution in [0.1, 0.15) is 6.92 Å². The van der Waals surface area contributed by atoms with E-state index in [0.717, 1.165) is 0 Å². The van der Waals surface area contributed by atoms with Crippen LogP contribution in [0.3, 0.4) is 0 Å². The van der Waals surface area contributed by atoms with Crippen molar-refractivity contribution in [3.8, 4) is 0 Å². The lowest BCUT2D eigenvalue weighted by Crippen LogP contribution is -2.32. The van der Waals surface area contributed by atoms with Crippen LogP contribution >= 0.6 is 8.03 Å². The predicted molar refractivity (Wildman–Crippen MR) is 32.3 cm³/mol. The molecule has 0 heterocycles. The van der Waals surface area contributed by atoms with Crippen LogP contribution in [0.4, 0.5) is 0 Å². The highest BCUT2D eigenvalue weighted by Crippen LogP contribution is 2.15. The van der Waals surface area contributed by atoms with Crippen LogP contribution in [-0.2, 0) is 9.36 Å². The number of aliphatic hydroxyl groups is 1. The fourth-order valence-corrected chi connectivity index (χ4v) is 0.604. The second-order valence-corrected chi connectivity index (χ2v) is 3.01. The number of hydrogen-bond acceptors (Lipinski definition) is 4. The fourth-order valence-electron chi connectivity index (χ4n) is 0.321. The molecule has 0 aromatic heterocycles. The molecule has 58 valence electrons. The van der Waals surface area contributed by atoms with Gasteiger partial charge in [-0.05, 0) is 6.92 Å². The van der Waals surface area contributed by atoms with Gasteiger partial charge in [-0.3, -0.25) is 4.79 Å². The molecule has 2 atom stereocenters. The smallest absolute Gasteiger partial charge is 0.321 e. The number of aliphatic hydroxyl groups excluding tert-OH is 1. The molecule has 0 aromatic rings. The van der Waals surface area contributed by atoms with E-state index in [1.54, 1.807) is 0 Å². The van der Waals surface area contributed by atoms with Crippen LogP contribution in [0.2, 0.25) is 0 Å². The summed E-state index contributed by atoms with van der Waals surface area (Å²) in [6.45, 7) is 0.711. The van der Waals surface area contributed by atoms with E-state index >= 15 is 0 Å². The van der Waals surface area contributed by atoms with Crippen LogP contribution in [0.5, 0.6) is 0 Å². The lowest BCUT2D eigenvalue weighted by Gasteiger charge is -2.00. The van der Waals surface area contributed by atoms with E-state index in [2.05, 4.69) is 0 Å². The standard InChI is InChI=1S/C4H8NO4P/c1-3(10(8)9)4(7)5-2-6/h3,6H,2H2,1H3,(H,5,7). The van der Waals surface area contributed by atoms with E-state index in [1.165, 1.54) is 6.92 Å². The molecular weight excluding hydrogens is 157 g/mol. The Labute approximate surface area is 58.9 Å². The van der Waals surface area contributed by atoms with Gasteiger partial charge in [-0.25, -0.2) is 0 Å². The SMILES string of the molecule is CC(C(=O)NCO)[P+](=O)[O-]. The quantitative estimate of drug-likeness (QED) is 0.395. The molecule has 0 rings (SSSR count). The first kappa shape index (κ1) is 9.49. The van der Waals surface area contributed by atoms with Gasteiger partial charge in [0.1, 0.15) is 6.73 Å². The highest BCUT2D eigenvalue weighted by Gasteiger charge is 2.23. The monoisotopic (exact) mass is 165 g/mol. The molecule has 2 unspecified atom stereocenters. The number of nitrogens with one attached hydrogen (secondary N) is 1. The first-order valence-corrected chi connectivity index (χ1v) is 3.86. The van der Waals surface area contributed by atoms with Crippen molar-refractivity contribution in [2.45, 2.75) is 12.6 Å². The molecule has 0 aliphatic carbocycles. The second kappa shape index (κ2) is 4.33. The minimum atomic E-state index is -2.74. The summed E-state index contributed by atoms with van der Waals surface area (Å²) in [5, 5.41) is 10.1. The van der Waals surface area contributed by atoms with Gasteiger partial charge in [-0.2, -0.15) is 0 Å². The van der Waals surface area contributed by atoms with Crippen molar-refractivity contribution in [3.05, 3.63) is 0 Å². The molecule has 0 aliphatic rings.